The van der Waals surface area contributed by atoms with Gasteiger partial charge in [0.2, 0.25) is 0 Å². The maximum atomic E-state index is 11.9. The number of aliphatic hydroxyl groups excluding tert-OH is 1. The average Bonchev–Trinajstić information content (AvgIpc) is 2.84. The number of carbonyl (C=O) groups is 1. The number of allylic oxidation sites excluding steroid dienone is 5. The SMILES string of the molecule is C=C=C[C@]12C=CC(=O)C=C1CC[C@@H]1[C@@H]2CC[C@]2(C)[C@@H](O)CC[C@@H]12. The van der Waals surface area contributed by atoms with Gasteiger partial charge >= 0.3 is 0 Å². The van der Waals surface area contributed by atoms with Gasteiger partial charge in [-0.25, -0.2) is 0 Å². The summed E-state index contributed by atoms with van der Waals surface area (Å²) >= 11 is 0. The molecule has 6 atom stereocenters. The third-order valence-electron chi connectivity index (χ3n) is 7.48. The maximum Gasteiger partial charge on any atom is 0.178 e. The first kappa shape index (κ1) is 15.2. The quantitative estimate of drug-likeness (QED) is 0.744. The van der Waals surface area contributed by atoms with Gasteiger partial charge in [-0.3, -0.25) is 4.79 Å². The first-order valence-corrected chi connectivity index (χ1v) is 9.00. The molecule has 0 amide bonds. The smallest absolute Gasteiger partial charge is 0.178 e. The van der Waals surface area contributed by atoms with E-state index in [9.17, 15) is 9.90 Å². The summed E-state index contributed by atoms with van der Waals surface area (Å²) in [4.78, 5) is 11.9. The van der Waals surface area contributed by atoms with Crippen LogP contribution in [0.3, 0.4) is 0 Å². The van der Waals surface area contributed by atoms with Gasteiger partial charge in [-0.05, 0) is 79.9 Å². The zero-order valence-corrected chi connectivity index (χ0v) is 13.9. The highest BCUT2D eigenvalue weighted by atomic mass is 16.3. The fourth-order valence-corrected chi connectivity index (χ4v) is 6.32. The van der Waals surface area contributed by atoms with Crippen molar-refractivity contribution in [2.24, 2.45) is 28.6 Å². The standard InChI is InChI=1S/C21H26O2/c1-3-10-21-12-8-15(22)13-14(21)4-5-16-17-6-7-19(23)20(17,2)11-9-18(16)21/h8,10,12-13,16-19,23H,1,4-7,9,11H2,2H3/t16-,17-,18-,19-,20-,21-/m0/s1. The molecule has 0 aliphatic heterocycles. The predicted molar refractivity (Wildman–Crippen MR) is 90.7 cm³/mol. The highest BCUT2D eigenvalue weighted by Crippen LogP contribution is 2.64. The van der Waals surface area contributed by atoms with E-state index < -0.39 is 0 Å². The predicted octanol–water partition coefficient (Wildman–Crippen LogP) is 3.98. The Balaban J connectivity index is 1.77. The molecule has 0 bridgehead atoms. The Morgan fingerprint density at radius 2 is 2.13 bits per heavy atom. The van der Waals surface area contributed by atoms with E-state index in [1.165, 1.54) is 5.57 Å². The number of fused-ring (bicyclic) bond motifs is 5. The van der Waals surface area contributed by atoms with Crippen LogP contribution >= 0.6 is 0 Å². The van der Waals surface area contributed by atoms with Crippen molar-refractivity contribution in [1.82, 2.24) is 0 Å². The third-order valence-corrected chi connectivity index (χ3v) is 7.48. The summed E-state index contributed by atoms with van der Waals surface area (Å²) in [5, 5.41) is 10.5. The molecule has 0 unspecified atom stereocenters. The molecule has 4 rings (SSSR count). The molecule has 3 saturated carbocycles. The summed E-state index contributed by atoms with van der Waals surface area (Å²) in [6.07, 6.45) is 14.1. The van der Waals surface area contributed by atoms with Gasteiger partial charge in [0, 0.05) is 5.41 Å². The zero-order chi connectivity index (χ0) is 16.2. The van der Waals surface area contributed by atoms with Crippen molar-refractivity contribution in [2.75, 3.05) is 0 Å². The van der Waals surface area contributed by atoms with Crippen molar-refractivity contribution >= 4 is 5.78 Å². The number of hydrogen-bond donors (Lipinski definition) is 1. The van der Waals surface area contributed by atoms with Crippen LogP contribution in [0.1, 0.15) is 45.4 Å². The highest BCUT2D eigenvalue weighted by molar-refractivity contribution is 6.01. The lowest BCUT2D eigenvalue weighted by atomic mass is 9.48. The molecular formula is C21H26O2. The first-order valence-electron chi connectivity index (χ1n) is 9.00. The molecule has 0 spiro atoms. The largest absolute Gasteiger partial charge is 0.393 e. The fourth-order valence-electron chi connectivity index (χ4n) is 6.32. The second-order valence-electron chi connectivity index (χ2n) is 8.24. The molecule has 4 aliphatic rings. The normalized spacial score (nSPS) is 47.9. The topological polar surface area (TPSA) is 37.3 Å². The fraction of sp³-hybridized carbons (Fsp3) is 0.619. The third kappa shape index (κ3) is 1.95. The summed E-state index contributed by atoms with van der Waals surface area (Å²) in [5.74, 6) is 1.87. The number of hydrogen-bond acceptors (Lipinski definition) is 2. The number of aliphatic hydroxyl groups is 1. The van der Waals surface area contributed by atoms with Gasteiger partial charge in [-0.2, -0.15) is 0 Å². The Morgan fingerprint density at radius 3 is 2.91 bits per heavy atom. The lowest BCUT2D eigenvalue weighted by molar-refractivity contribution is -0.111. The number of carbonyl (C=O) groups excluding carboxylic acids is 1. The molecule has 1 N–H and O–H groups in total. The van der Waals surface area contributed by atoms with Gasteiger partial charge in [-0.1, -0.05) is 25.2 Å². The monoisotopic (exact) mass is 310 g/mol. The Bertz CT molecular complexity index is 651. The van der Waals surface area contributed by atoms with Crippen LogP contribution in [0.2, 0.25) is 0 Å². The molecule has 0 heterocycles. The lowest BCUT2D eigenvalue weighted by Gasteiger charge is -2.56. The zero-order valence-electron chi connectivity index (χ0n) is 13.9. The van der Waals surface area contributed by atoms with Gasteiger partial charge in [-0.15, -0.1) is 5.73 Å². The second kappa shape index (κ2) is 5.06. The first-order chi connectivity index (χ1) is 11.0. The van der Waals surface area contributed by atoms with Gasteiger partial charge in [0.1, 0.15) is 0 Å². The van der Waals surface area contributed by atoms with E-state index in [4.69, 9.17) is 0 Å². The van der Waals surface area contributed by atoms with E-state index in [2.05, 4.69) is 31.4 Å². The second-order valence-corrected chi connectivity index (χ2v) is 8.24. The van der Waals surface area contributed by atoms with Crippen LogP contribution in [-0.2, 0) is 4.79 Å². The van der Waals surface area contributed by atoms with Crippen molar-refractivity contribution in [3.8, 4) is 0 Å². The van der Waals surface area contributed by atoms with Crippen molar-refractivity contribution in [1.29, 1.82) is 0 Å². The van der Waals surface area contributed by atoms with E-state index in [-0.39, 0.29) is 22.7 Å². The van der Waals surface area contributed by atoms with E-state index in [0.29, 0.717) is 17.8 Å². The summed E-state index contributed by atoms with van der Waals surface area (Å²) in [5.41, 5.74) is 4.21. The molecule has 4 aliphatic carbocycles. The van der Waals surface area contributed by atoms with E-state index in [0.717, 1.165) is 38.5 Å². The maximum absolute atomic E-state index is 11.9. The van der Waals surface area contributed by atoms with E-state index >= 15 is 0 Å². The van der Waals surface area contributed by atoms with Crippen LogP contribution < -0.4 is 0 Å². The Morgan fingerprint density at radius 1 is 1.30 bits per heavy atom. The molecule has 3 fully saturated rings. The van der Waals surface area contributed by atoms with Crippen molar-refractivity contribution < 1.29 is 9.90 Å². The van der Waals surface area contributed by atoms with Gasteiger partial charge in [0.05, 0.1) is 6.10 Å². The highest BCUT2D eigenvalue weighted by Gasteiger charge is 2.58. The van der Waals surface area contributed by atoms with Crippen LogP contribution in [0, 0.1) is 28.6 Å². The van der Waals surface area contributed by atoms with Crippen LogP contribution in [0.15, 0.2) is 42.2 Å². The minimum absolute atomic E-state index is 0.0929. The molecule has 122 valence electrons. The molecule has 2 heteroatoms. The molecule has 0 saturated heterocycles. The molecule has 23 heavy (non-hydrogen) atoms. The molecule has 0 aromatic heterocycles. The molecular weight excluding hydrogens is 284 g/mol. The number of ketones is 1. The molecule has 2 nitrogen and oxygen atoms in total. The van der Waals surface area contributed by atoms with E-state index in [1.54, 1.807) is 6.08 Å². The van der Waals surface area contributed by atoms with Crippen LogP contribution in [0.4, 0.5) is 0 Å². The summed E-state index contributed by atoms with van der Waals surface area (Å²) in [6.45, 7) is 6.12. The lowest BCUT2D eigenvalue weighted by Crippen LogP contribution is -2.50. The van der Waals surface area contributed by atoms with Crippen LogP contribution in [0.25, 0.3) is 0 Å². The van der Waals surface area contributed by atoms with Gasteiger partial charge in [0.15, 0.2) is 5.78 Å². The summed E-state index contributed by atoms with van der Waals surface area (Å²) in [7, 11) is 0. The van der Waals surface area contributed by atoms with Gasteiger partial charge < -0.3 is 5.11 Å². The van der Waals surface area contributed by atoms with Crippen molar-refractivity contribution in [3.05, 3.63) is 42.2 Å². The summed E-state index contributed by atoms with van der Waals surface area (Å²) < 4.78 is 0. The Hall–Kier alpha value is -1.37. The Labute approximate surface area is 138 Å². The van der Waals surface area contributed by atoms with Crippen molar-refractivity contribution in [2.45, 2.75) is 51.6 Å². The van der Waals surface area contributed by atoms with Gasteiger partial charge in [0.25, 0.3) is 0 Å². The summed E-state index contributed by atoms with van der Waals surface area (Å²) in [6, 6.07) is 0. The minimum atomic E-state index is -0.159. The minimum Gasteiger partial charge on any atom is -0.393 e. The van der Waals surface area contributed by atoms with E-state index in [1.807, 2.05) is 6.08 Å². The Kier molecular flexibility index (Phi) is 3.34. The number of rotatable bonds is 1. The molecule has 0 aromatic rings. The molecule has 0 radical (unpaired) electrons. The van der Waals surface area contributed by atoms with Crippen LogP contribution in [0.5, 0.6) is 0 Å². The van der Waals surface area contributed by atoms with Crippen molar-refractivity contribution in [3.63, 3.8) is 0 Å². The molecule has 0 aromatic carbocycles. The average molecular weight is 310 g/mol. The van der Waals surface area contributed by atoms with Crippen LogP contribution in [-0.4, -0.2) is 17.0 Å².